The summed E-state index contributed by atoms with van der Waals surface area (Å²) in [6.07, 6.45) is 0.751. The molecule has 1 aromatic heterocycles. The lowest BCUT2D eigenvalue weighted by atomic mass is 10.0. The fourth-order valence-corrected chi connectivity index (χ4v) is 5.50. The van der Waals surface area contributed by atoms with E-state index in [1.807, 2.05) is 6.92 Å². The molecule has 0 radical (unpaired) electrons. The Hall–Kier alpha value is -1.88. The van der Waals surface area contributed by atoms with Gasteiger partial charge in [0.2, 0.25) is 11.8 Å². The normalized spacial score (nSPS) is 13.3. The molecule has 4 nitrogen and oxygen atoms in total. The lowest BCUT2D eigenvalue weighted by Gasteiger charge is -2.21. The second-order valence-corrected chi connectivity index (χ2v) is 13.2. The van der Waals surface area contributed by atoms with Crippen LogP contribution in [0.2, 0.25) is 25.7 Å². The van der Waals surface area contributed by atoms with Crippen LogP contribution in [0.15, 0.2) is 24.3 Å². The summed E-state index contributed by atoms with van der Waals surface area (Å²) >= 11 is 0. The largest absolute Gasteiger partial charge is 0.508 e. The Labute approximate surface area is 139 Å². The molecule has 2 aromatic rings. The summed E-state index contributed by atoms with van der Waals surface area (Å²) in [5, 5.41) is 30.4. The highest BCUT2D eigenvalue weighted by molar-refractivity contribution is 6.76. The van der Waals surface area contributed by atoms with Gasteiger partial charge in [0.15, 0.2) is 0 Å². The zero-order valence-corrected chi connectivity index (χ0v) is 15.6. The van der Waals surface area contributed by atoms with Crippen molar-refractivity contribution in [2.75, 3.05) is 0 Å². The maximum absolute atomic E-state index is 10.6. The quantitative estimate of drug-likeness (QED) is 0.710. The minimum atomic E-state index is -1.16. The average molecular weight is 334 g/mol. The van der Waals surface area contributed by atoms with Crippen LogP contribution < -0.4 is 0 Å². The van der Waals surface area contributed by atoms with Crippen molar-refractivity contribution in [2.24, 2.45) is 5.92 Å². The molecule has 126 valence electrons. The van der Waals surface area contributed by atoms with Crippen LogP contribution in [0.5, 0.6) is 17.5 Å². The van der Waals surface area contributed by atoms with Crippen LogP contribution in [0, 0.1) is 12.8 Å². The molecule has 0 aliphatic heterocycles. The van der Waals surface area contributed by atoms with Crippen molar-refractivity contribution in [1.82, 2.24) is 4.57 Å². The molecule has 0 bridgehead atoms. The highest BCUT2D eigenvalue weighted by atomic mass is 28.3. The van der Waals surface area contributed by atoms with E-state index < -0.39 is 8.07 Å². The van der Waals surface area contributed by atoms with Crippen LogP contribution in [0.25, 0.3) is 5.69 Å². The molecular formula is C18H27NO3Si. The molecule has 0 fully saturated rings. The van der Waals surface area contributed by atoms with Crippen molar-refractivity contribution in [3.63, 3.8) is 0 Å². The summed E-state index contributed by atoms with van der Waals surface area (Å²) in [7, 11) is -1.16. The van der Waals surface area contributed by atoms with Gasteiger partial charge in [-0.2, -0.15) is 0 Å². The monoisotopic (exact) mass is 333 g/mol. The highest BCUT2D eigenvalue weighted by Crippen LogP contribution is 2.38. The summed E-state index contributed by atoms with van der Waals surface area (Å²) in [6, 6.07) is 7.60. The van der Waals surface area contributed by atoms with Crippen LogP contribution in [-0.4, -0.2) is 28.0 Å². The zero-order chi connectivity index (χ0) is 17.4. The molecule has 1 atom stereocenters. The van der Waals surface area contributed by atoms with Gasteiger partial charge < -0.3 is 15.3 Å². The van der Waals surface area contributed by atoms with Crippen molar-refractivity contribution in [2.45, 2.75) is 46.0 Å². The summed E-state index contributed by atoms with van der Waals surface area (Å²) in [5.41, 5.74) is 2.16. The first-order valence-corrected chi connectivity index (χ1v) is 11.7. The van der Waals surface area contributed by atoms with Gasteiger partial charge >= 0.3 is 0 Å². The molecule has 0 aliphatic carbocycles. The maximum atomic E-state index is 10.6. The average Bonchev–Trinajstić information content (AvgIpc) is 2.62. The first kappa shape index (κ1) is 17.5. The topological polar surface area (TPSA) is 65.6 Å². The molecule has 0 saturated carbocycles. The number of aromatic hydroxyl groups is 3. The van der Waals surface area contributed by atoms with Gasteiger partial charge in [-0.15, -0.1) is 0 Å². The van der Waals surface area contributed by atoms with Gasteiger partial charge in [0.05, 0.1) is 5.69 Å². The SMILES string of the molecule is Cc1c(CC(C)C[Si](C)(C)C)c(O)n(-c2ccc(O)cc2)c1O. The fourth-order valence-electron chi connectivity index (χ4n) is 3.26. The number of phenolic OH excluding ortho intramolecular Hbond substituents is 1. The Balaban J connectivity index is 2.36. The van der Waals surface area contributed by atoms with E-state index in [1.165, 1.54) is 22.7 Å². The van der Waals surface area contributed by atoms with Gasteiger partial charge in [0.25, 0.3) is 0 Å². The van der Waals surface area contributed by atoms with E-state index in [2.05, 4.69) is 26.6 Å². The standard InChI is InChI=1S/C18H27NO3Si/c1-12(11-23(3,4)5)10-16-13(2)17(21)19(18(16)22)14-6-8-15(20)9-7-14/h6-9,12,20-22H,10-11H2,1-5H3. The van der Waals surface area contributed by atoms with E-state index in [-0.39, 0.29) is 17.5 Å². The van der Waals surface area contributed by atoms with Crippen LogP contribution in [0.3, 0.4) is 0 Å². The Kier molecular flexibility index (Phi) is 4.80. The lowest BCUT2D eigenvalue weighted by Crippen LogP contribution is -2.23. The Morgan fingerprint density at radius 1 is 1.00 bits per heavy atom. The number of benzene rings is 1. The minimum Gasteiger partial charge on any atom is -0.508 e. The van der Waals surface area contributed by atoms with Crippen LogP contribution in [0.4, 0.5) is 0 Å². The molecule has 2 rings (SSSR count). The van der Waals surface area contributed by atoms with E-state index in [0.29, 0.717) is 11.6 Å². The van der Waals surface area contributed by atoms with Crippen LogP contribution >= 0.6 is 0 Å². The van der Waals surface area contributed by atoms with E-state index >= 15 is 0 Å². The number of aromatic nitrogens is 1. The number of nitrogens with zero attached hydrogens (tertiary/aromatic N) is 1. The predicted octanol–water partition coefficient (Wildman–Crippen LogP) is 4.42. The Bertz CT molecular complexity index is 684. The van der Waals surface area contributed by atoms with Crippen LogP contribution in [0.1, 0.15) is 18.1 Å². The van der Waals surface area contributed by atoms with Gasteiger partial charge in [-0.1, -0.05) is 32.6 Å². The zero-order valence-electron chi connectivity index (χ0n) is 14.6. The molecule has 23 heavy (non-hydrogen) atoms. The Morgan fingerprint density at radius 2 is 1.57 bits per heavy atom. The van der Waals surface area contributed by atoms with Gasteiger partial charge in [0.1, 0.15) is 5.75 Å². The first-order valence-electron chi connectivity index (χ1n) is 8.01. The van der Waals surface area contributed by atoms with Crippen molar-refractivity contribution in [3.8, 4) is 23.2 Å². The van der Waals surface area contributed by atoms with Crippen molar-refractivity contribution >= 4 is 8.07 Å². The fraction of sp³-hybridized carbons (Fsp3) is 0.444. The van der Waals surface area contributed by atoms with Crippen LogP contribution in [-0.2, 0) is 6.42 Å². The van der Waals surface area contributed by atoms with Gasteiger partial charge in [-0.05, 0) is 43.5 Å². The Morgan fingerprint density at radius 3 is 2.09 bits per heavy atom. The third kappa shape index (κ3) is 3.91. The van der Waals surface area contributed by atoms with Crippen molar-refractivity contribution in [3.05, 3.63) is 35.4 Å². The summed E-state index contributed by atoms with van der Waals surface area (Å²) in [6.45, 7) is 11.1. The summed E-state index contributed by atoms with van der Waals surface area (Å²) < 4.78 is 1.44. The van der Waals surface area contributed by atoms with Crippen molar-refractivity contribution < 1.29 is 15.3 Å². The number of hydrogen-bond acceptors (Lipinski definition) is 3. The van der Waals surface area contributed by atoms with E-state index in [9.17, 15) is 15.3 Å². The van der Waals surface area contributed by atoms with Gasteiger partial charge in [0, 0.05) is 19.2 Å². The third-order valence-electron chi connectivity index (χ3n) is 4.10. The number of rotatable bonds is 5. The molecule has 0 amide bonds. The molecule has 1 unspecified atom stereocenters. The highest BCUT2D eigenvalue weighted by Gasteiger charge is 2.24. The summed E-state index contributed by atoms with van der Waals surface area (Å²) in [4.78, 5) is 0. The smallest absolute Gasteiger partial charge is 0.202 e. The molecule has 3 N–H and O–H groups in total. The van der Waals surface area contributed by atoms with Crippen molar-refractivity contribution in [1.29, 1.82) is 0 Å². The van der Waals surface area contributed by atoms with Gasteiger partial charge in [-0.25, -0.2) is 0 Å². The second-order valence-electron chi connectivity index (χ2n) is 7.68. The first-order chi connectivity index (χ1) is 10.6. The van der Waals surface area contributed by atoms with E-state index in [1.54, 1.807) is 12.1 Å². The molecule has 1 aromatic carbocycles. The lowest BCUT2D eigenvalue weighted by molar-refractivity contribution is 0.398. The molecule has 0 aliphatic rings. The predicted molar refractivity (Wildman–Crippen MR) is 96.5 cm³/mol. The third-order valence-corrected chi connectivity index (χ3v) is 6.02. The van der Waals surface area contributed by atoms with E-state index in [0.717, 1.165) is 17.5 Å². The van der Waals surface area contributed by atoms with Gasteiger partial charge in [-0.3, -0.25) is 4.57 Å². The number of hydrogen-bond donors (Lipinski definition) is 3. The summed E-state index contributed by atoms with van der Waals surface area (Å²) in [5.74, 6) is 0.762. The number of phenols is 1. The molecular weight excluding hydrogens is 306 g/mol. The molecule has 5 heteroatoms. The second kappa shape index (κ2) is 6.32. The van der Waals surface area contributed by atoms with E-state index in [4.69, 9.17) is 0 Å². The maximum Gasteiger partial charge on any atom is 0.202 e. The molecule has 0 saturated heterocycles. The molecule has 1 heterocycles. The molecule has 0 spiro atoms. The minimum absolute atomic E-state index is 0.0587.